The number of aromatic nitrogens is 3. The first kappa shape index (κ1) is 20.3. The van der Waals surface area contributed by atoms with Gasteiger partial charge in [-0.2, -0.15) is 5.10 Å². The van der Waals surface area contributed by atoms with E-state index in [-0.39, 0.29) is 22.4 Å². The van der Waals surface area contributed by atoms with Crippen LogP contribution in [0.5, 0.6) is 0 Å². The summed E-state index contributed by atoms with van der Waals surface area (Å²) in [4.78, 5) is 31.3. The van der Waals surface area contributed by atoms with Crippen LogP contribution in [0.15, 0.2) is 29.3 Å². The molecule has 3 heterocycles. The molecule has 1 saturated heterocycles. The summed E-state index contributed by atoms with van der Waals surface area (Å²) in [5.74, 6) is 0.454. The van der Waals surface area contributed by atoms with Crippen LogP contribution in [-0.4, -0.2) is 33.8 Å². The van der Waals surface area contributed by atoms with Crippen LogP contribution < -0.4 is 15.8 Å². The molecule has 3 rings (SSSR count). The maximum absolute atomic E-state index is 12.6. The fourth-order valence-electron chi connectivity index (χ4n) is 3.34. The lowest BCUT2D eigenvalue weighted by molar-refractivity contribution is -0.120. The Balaban J connectivity index is 1.66. The molecule has 28 heavy (non-hydrogen) atoms. The number of hydrogen-bond donors (Lipinski definition) is 1. The first-order valence-corrected chi connectivity index (χ1v) is 9.81. The van der Waals surface area contributed by atoms with Gasteiger partial charge in [0.25, 0.3) is 5.56 Å². The number of rotatable bonds is 3. The minimum Gasteiger partial charge on any atom is -0.369 e. The van der Waals surface area contributed by atoms with Crippen LogP contribution in [0.4, 0.5) is 11.5 Å². The summed E-state index contributed by atoms with van der Waals surface area (Å²) >= 11 is 6.36. The third kappa shape index (κ3) is 4.35. The van der Waals surface area contributed by atoms with E-state index in [9.17, 15) is 9.59 Å². The second-order valence-corrected chi connectivity index (χ2v) is 8.58. The topological polar surface area (TPSA) is 80.1 Å². The fraction of sp³-hybridized carbons (Fsp3) is 0.500. The maximum atomic E-state index is 12.6. The Bertz CT molecular complexity index is 927. The van der Waals surface area contributed by atoms with Gasteiger partial charge in [0.15, 0.2) is 0 Å². The molecule has 1 aliphatic rings. The normalized spacial score (nSPS) is 15.5. The van der Waals surface area contributed by atoms with Gasteiger partial charge in [-0.15, -0.1) is 0 Å². The zero-order valence-electron chi connectivity index (χ0n) is 16.7. The van der Waals surface area contributed by atoms with Gasteiger partial charge in [-0.25, -0.2) is 9.67 Å². The number of piperidine rings is 1. The van der Waals surface area contributed by atoms with Gasteiger partial charge < -0.3 is 10.2 Å². The van der Waals surface area contributed by atoms with Gasteiger partial charge in [0.2, 0.25) is 5.91 Å². The monoisotopic (exact) mass is 403 g/mol. The Kier molecular flexibility index (Phi) is 5.74. The van der Waals surface area contributed by atoms with Gasteiger partial charge >= 0.3 is 0 Å². The van der Waals surface area contributed by atoms with Crippen molar-refractivity contribution in [1.82, 2.24) is 14.8 Å². The van der Waals surface area contributed by atoms with Gasteiger partial charge in [0.05, 0.1) is 17.4 Å². The second kappa shape index (κ2) is 7.91. The van der Waals surface area contributed by atoms with E-state index in [4.69, 9.17) is 11.6 Å². The molecule has 1 aliphatic heterocycles. The van der Waals surface area contributed by atoms with E-state index >= 15 is 0 Å². The number of pyridine rings is 1. The van der Waals surface area contributed by atoms with E-state index in [0.29, 0.717) is 37.4 Å². The molecule has 0 bridgehead atoms. The molecule has 0 radical (unpaired) electrons. The summed E-state index contributed by atoms with van der Waals surface area (Å²) in [7, 11) is 0. The van der Waals surface area contributed by atoms with E-state index in [2.05, 4.69) is 15.4 Å². The lowest BCUT2D eigenvalue weighted by Gasteiger charge is -2.33. The van der Waals surface area contributed by atoms with Crippen molar-refractivity contribution in [3.05, 3.63) is 45.5 Å². The quantitative estimate of drug-likeness (QED) is 0.851. The highest BCUT2D eigenvalue weighted by Crippen LogP contribution is 2.28. The van der Waals surface area contributed by atoms with Crippen molar-refractivity contribution in [2.45, 2.75) is 46.1 Å². The van der Waals surface area contributed by atoms with Crippen molar-refractivity contribution in [1.29, 1.82) is 0 Å². The van der Waals surface area contributed by atoms with E-state index < -0.39 is 5.54 Å². The maximum Gasteiger partial charge on any atom is 0.288 e. The van der Waals surface area contributed by atoms with Crippen LogP contribution in [0.3, 0.4) is 0 Å². The minimum atomic E-state index is -0.436. The Morgan fingerprint density at radius 3 is 2.57 bits per heavy atom. The smallest absolute Gasteiger partial charge is 0.288 e. The lowest BCUT2D eigenvalue weighted by Crippen LogP contribution is -2.41. The molecule has 2 aromatic rings. The molecule has 150 valence electrons. The van der Waals surface area contributed by atoms with E-state index in [1.165, 1.54) is 4.68 Å². The third-order valence-corrected chi connectivity index (χ3v) is 5.26. The van der Waals surface area contributed by atoms with Crippen LogP contribution in [0.1, 0.15) is 39.2 Å². The van der Waals surface area contributed by atoms with Crippen molar-refractivity contribution >= 4 is 29.0 Å². The number of nitrogens with one attached hydrogen (secondary N) is 1. The first-order valence-electron chi connectivity index (χ1n) is 9.43. The highest BCUT2D eigenvalue weighted by molar-refractivity contribution is 6.33. The molecule has 8 heteroatoms. The van der Waals surface area contributed by atoms with Crippen LogP contribution in [0, 0.1) is 12.8 Å². The lowest BCUT2D eigenvalue weighted by atomic mass is 9.95. The molecule has 0 saturated carbocycles. The van der Waals surface area contributed by atoms with Crippen LogP contribution in [0.2, 0.25) is 5.02 Å². The number of amides is 1. The van der Waals surface area contributed by atoms with Crippen LogP contribution >= 0.6 is 11.6 Å². The summed E-state index contributed by atoms with van der Waals surface area (Å²) in [6.45, 7) is 8.96. The predicted octanol–water partition coefficient (Wildman–Crippen LogP) is 3.21. The molecule has 2 aromatic heterocycles. The summed E-state index contributed by atoms with van der Waals surface area (Å²) < 4.78 is 1.40. The molecule has 7 nitrogen and oxygen atoms in total. The van der Waals surface area contributed by atoms with Gasteiger partial charge in [0.1, 0.15) is 10.8 Å². The molecular weight excluding hydrogens is 378 g/mol. The van der Waals surface area contributed by atoms with Crippen molar-refractivity contribution < 1.29 is 4.79 Å². The fourth-order valence-corrected chi connectivity index (χ4v) is 3.59. The molecule has 0 unspecified atom stereocenters. The highest BCUT2D eigenvalue weighted by Gasteiger charge is 2.28. The van der Waals surface area contributed by atoms with Crippen LogP contribution in [0.25, 0.3) is 0 Å². The standard InChI is InChI=1S/C20H26ClN5O2/c1-13-5-8-22-16(11-13)24-18(27)14-6-9-25(10-7-14)15-12-23-26(20(2,3)4)19(28)17(15)21/h5,8,11-12,14H,6-7,9-10H2,1-4H3,(H,22,24,27). The average Bonchev–Trinajstić information content (AvgIpc) is 2.63. The van der Waals surface area contributed by atoms with Crippen LogP contribution in [-0.2, 0) is 10.3 Å². The molecular formula is C20H26ClN5O2. The predicted molar refractivity (Wildman–Crippen MR) is 111 cm³/mol. The summed E-state index contributed by atoms with van der Waals surface area (Å²) in [5.41, 5.74) is 0.949. The molecule has 1 fully saturated rings. The van der Waals surface area contributed by atoms with Gasteiger partial charge in [-0.05, 0) is 58.2 Å². The van der Waals surface area contributed by atoms with Gasteiger partial charge in [0, 0.05) is 25.2 Å². The van der Waals surface area contributed by atoms with E-state index in [1.54, 1.807) is 12.4 Å². The van der Waals surface area contributed by atoms with Crippen molar-refractivity contribution in [3.63, 3.8) is 0 Å². The first-order chi connectivity index (χ1) is 13.2. The number of aryl methyl sites for hydroxylation is 1. The van der Waals surface area contributed by atoms with E-state index in [1.807, 2.05) is 44.7 Å². The Morgan fingerprint density at radius 2 is 1.96 bits per heavy atom. The zero-order chi connectivity index (χ0) is 20.5. The molecule has 0 spiro atoms. The van der Waals surface area contributed by atoms with Crippen molar-refractivity contribution in [2.75, 3.05) is 23.3 Å². The highest BCUT2D eigenvalue weighted by atomic mass is 35.5. The minimum absolute atomic E-state index is 0.0230. The van der Waals surface area contributed by atoms with E-state index in [0.717, 1.165) is 5.56 Å². The van der Waals surface area contributed by atoms with Gasteiger partial charge in [-0.1, -0.05) is 11.6 Å². The van der Waals surface area contributed by atoms with Crippen molar-refractivity contribution in [2.24, 2.45) is 5.92 Å². The Labute approximate surface area is 169 Å². The molecule has 0 atom stereocenters. The third-order valence-electron chi connectivity index (χ3n) is 4.91. The Morgan fingerprint density at radius 1 is 1.29 bits per heavy atom. The number of anilines is 2. The summed E-state index contributed by atoms with van der Waals surface area (Å²) in [6.07, 6.45) is 4.68. The molecule has 1 N–H and O–H groups in total. The molecule has 0 aliphatic carbocycles. The second-order valence-electron chi connectivity index (χ2n) is 8.20. The Hall–Kier alpha value is -2.41. The number of halogens is 1. The van der Waals surface area contributed by atoms with Gasteiger partial charge in [-0.3, -0.25) is 9.59 Å². The number of hydrogen-bond acceptors (Lipinski definition) is 5. The SMILES string of the molecule is Cc1ccnc(NC(=O)C2CCN(c3cnn(C(C)(C)C)c(=O)c3Cl)CC2)c1. The molecule has 1 amide bonds. The molecule has 0 aromatic carbocycles. The number of carbonyl (C=O) groups excluding carboxylic acids is 1. The van der Waals surface area contributed by atoms with Crippen molar-refractivity contribution in [3.8, 4) is 0 Å². The number of carbonyl (C=O) groups is 1. The number of nitrogens with zero attached hydrogens (tertiary/aromatic N) is 4. The average molecular weight is 404 g/mol. The zero-order valence-corrected chi connectivity index (χ0v) is 17.5. The summed E-state index contributed by atoms with van der Waals surface area (Å²) in [5, 5.41) is 7.36. The summed E-state index contributed by atoms with van der Waals surface area (Å²) in [6, 6.07) is 3.74. The largest absolute Gasteiger partial charge is 0.369 e.